The summed E-state index contributed by atoms with van der Waals surface area (Å²) in [6.45, 7) is 1.99. The molecule has 0 radical (unpaired) electrons. The van der Waals surface area contributed by atoms with E-state index in [1.165, 1.54) is 6.08 Å². The van der Waals surface area contributed by atoms with Crippen LogP contribution in [0.3, 0.4) is 0 Å². The summed E-state index contributed by atoms with van der Waals surface area (Å²) in [6, 6.07) is 11.3. The molecule has 3 rings (SSSR count). The Labute approximate surface area is 164 Å². The molecule has 9 heteroatoms. The minimum atomic E-state index is -0.625. The molecule has 1 aliphatic rings. The van der Waals surface area contributed by atoms with Crippen LogP contribution in [0.2, 0.25) is 0 Å². The Morgan fingerprint density at radius 2 is 1.96 bits per heavy atom. The Kier molecular flexibility index (Phi) is 5.65. The summed E-state index contributed by atoms with van der Waals surface area (Å²) in [6.07, 6.45) is 1.26. The fourth-order valence-electron chi connectivity index (χ4n) is 2.64. The molecule has 2 amide bonds. The summed E-state index contributed by atoms with van der Waals surface area (Å²) in [5.74, 6) is -0.920. The Hall–Kier alpha value is -3.33. The van der Waals surface area contributed by atoms with Crippen LogP contribution in [0.15, 0.2) is 47.4 Å². The van der Waals surface area contributed by atoms with Gasteiger partial charge in [0.05, 0.1) is 29.0 Å². The second-order valence-corrected chi connectivity index (χ2v) is 6.82. The molecule has 0 unspecified atom stereocenters. The van der Waals surface area contributed by atoms with Crippen molar-refractivity contribution < 1.29 is 24.4 Å². The molecule has 2 aromatic rings. The highest BCUT2D eigenvalue weighted by molar-refractivity contribution is 8.18. The largest absolute Gasteiger partial charge is 0.504 e. The number of aromatic hydroxyl groups is 1. The van der Waals surface area contributed by atoms with Gasteiger partial charge in [0.25, 0.3) is 16.8 Å². The molecule has 1 N–H and O–H groups in total. The van der Waals surface area contributed by atoms with Gasteiger partial charge in [-0.05, 0) is 30.3 Å². The first-order chi connectivity index (χ1) is 13.4. The number of phenols is 1. The van der Waals surface area contributed by atoms with Gasteiger partial charge in [-0.15, -0.1) is 0 Å². The molecule has 28 heavy (non-hydrogen) atoms. The summed E-state index contributed by atoms with van der Waals surface area (Å²) in [5, 5.41) is 21.0. The van der Waals surface area contributed by atoms with Crippen molar-refractivity contribution in [2.75, 3.05) is 6.61 Å². The van der Waals surface area contributed by atoms with Gasteiger partial charge in [0.15, 0.2) is 11.5 Å². The maximum atomic E-state index is 12.6. The predicted octanol–water partition coefficient (Wildman–Crippen LogP) is 3.94. The van der Waals surface area contributed by atoms with E-state index in [2.05, 4.69) is 0 Å². The molecular formula is C19H16N2O6S. The molecule has 0 saturated carbocycles. The van der Waals surface area contributed by atoms with Crippen molar-refractivity contribution in [2.45, 2.75) is 13.5 Å². The van der Waals surface area contributed by atoms with Crippen LogP contribution in [0, 0.1) is 10.1 Å². The van der Waals surface area contributed by atoms with Crippen LogP contribution < -0.4 is 4.74 Å². The number of amides is 2. The maximum Gasteiger partial charge on any atom is 0.293 e. The SMILES string of the molecule is CCOc1cc([N+](=O)[O-])cc(/C=C2\SC(=O)N(Cc3ccccc3)C2=O)c1O. The van der Waals surface area contributed by atoms with E-state index in [0.717, 1.165) is 22.6 Å². The van der Waals surface area contributed by atoms with Gasteiger partial charge in [0.2, 0.25) is 0 Å². The number of hydrogen-bond donors (Lipinski definition) is 1. The average Bonchev–Trinajstić information content (AvgIpc) is 2.93. The highest BCUT2D eigenvalue weighted by atomic mass is 32.2. The average molecular weight is 400 g/mol. The minimum Gasteiger partial charge on any atom is -0.504 e. The van der Waals surface area contributed by atoms with Gasteiger partial charge in [-0.3, -0.25) is 24.6 Å². The number of non-ortho nitro benzene ring substituents is 1. The third-order valence-electron chi connectivity index (χ3n) is 3.94. The van der Waals surface area contributed by atoms with E-state index in [0.29, 0.717) is 11.8 Å². The normalized spacial score (nSPS) is 15.3. The Morgan fingerprint density at radius 3 is 2.61 bits per heavy atom. The molecule has 0 bridgehead atoms. The zero-order valence-electron chi connectivity index (χ0n) is 14.8. The minimum absolute atomic E-state index is 0.0304. The van der Waals surface area contributed by atoms with E-state index in [4.69, 9.17) is 4.74 Å². The molecule has 8 nitrogen and oxygen atoms in total. The number of nitro groups is 1. The number of nitrogens with zero attached hydrogens (tertiary/aromatic N) is 2. The van der Waals surface area contributed by atoms with E-state index in [9.17, 15) is 24.8 Å². The third kappa shape index (κ3) is 3.99. The number of hydrogen-bond acceptors (Lipinski definition) is 7. The maximum absolute atomic E-state index is 12.6. The van der Waals surface area contributed by atoms with Gasteiger partial charge < -0.3 is 9.84 Å². The number of rotatable bonds is 6. The molecule has 0 aliphatic carbocycles. The van der Waals surface area contributed by atoms with E-state index in [-0.39, 0.29) is 40.8 Å². The predicted molar refractivity (Wildman–Crippen MR) is 104 cm³/mol. The highest BCUT2D eigenvalue weighted by Gasteiger charge is 2.35. The molecule has 1 saturated heterocycles. The lowest BCUT2D eigenvalue weighted by Crippen LogP contribution is -2.27. The summed E-state index contributed by atoms with van der Waals surface area (Å²) >= 11 is 0.715. The second kappa shape index (κ2) is 8.13. The molecule has 0 aromatic heterocycles. The highest BCUT2D eigenvalue weighted by Crippen LogP contribution is 2.39. The van der Waals surface area contributed by atoms with Crippen molar-refractivity contribution in [1.29, 1.82) is 0 Å². The van der Waals surface area contributed by atoms with Crippen LogP contribution in [0.4, 0.5) is 10.5 Å². The number of ether oxygens (including phenoxy) is 1. The van der Waals surface area contributed by atoms with E-state index < -0.39 is 16.1 Å². The van der Waals surface area contributed by atoms with Crippen LogP contribution in [0.1, 0.15) is 18.1 Å². The summed E-state index contributed by atoms with van der Waals surface area (Å²) in [5.41, 5.74) is 0.529. The summed E-state index contributed by atoms with van der Waals surface area (Å²) in [7, 11) is 0. The number of imide groups is 1. The van der Waals surface area contributed by atoms with Crippen LogP contribution >= 0.6 is 11.8 Å². The zero-order chi connectivity index (χ0) is 20.3. The lowest BCUT2D eigenvalue weighted by molar-refractivity contribution is -0.385. The van der Waals surface area contributed by atoms with Gasteiger partial charge in [0.1, 0.15) is 0 Å². The van der Waals surface area contributed by atoms with E-state index >= 15 is 0 Å². The summed E-state index contributed by atoms with van der Waals surface area (Å²) in [4.78, 5) is 36.6. The first kappa shape index (κ1) is 19.4. The summed E-state index contributed by atoms with van der Waals surface area (Å²) < 4.78 is 5.23. The zero-order valence-corrected chi connectivity index (χ0v) is 15.6. The smallest absolute Gasteiger partial charge is 0.293 e. The van der Waals surface area contributed by atoms with Crippen LogP contribution in [-0.2, 0) is 11.3 Å². The first-order valence-electron chi connectivity index (χ1n) is 8.34. The van der Waals surface area contributed by atoms with Gasteiger partial charge in [-0.1, -0.05) is 30.3 Å². The van der Waals surface area contributed by atoms with Crippen LogP contribution in [0.5, 0.6) is 11.5 Å². The quantitative estimate of drug-likeness (QED) is 0.444. The topological polar surface area (TPSA) is 110 Å². The van der Waals surface area contributed by atoms with E-state index in [1.54, 1.807) is 31.2 Å². The molecule has 1 fully saturated rings. The molecular weight excluding hydrogens is 384 g/mol. The standard InChI is InChI=1S/C19H16N2O6S/c1-2-27-15-10-14(21(25)26)8-13(17(15)22)9-16-18(23)20(19(24)28-16)11-12-6-4-3-5-7-12/h3-10,22H,2,11H2,1H3/b16-9-. The fraction of sp³-hybridized carbons (Fsp3) is 0.158. The molecule has 0 atom stereocenters. The number of carbonyl (C=O) groups excluding carboxylic acids is 2. The monoisotopic (exact) mass is 400 g/mol. The number of benzene rings is 2. The molecule has 0 spiro atoms. The van der Waals surface area contributed by atoms with Crippen molar-refractivity contribution in [3.05, 3.63) is 68.6 Å². The van der Waals surface area contributed by atoms with Crippen molar-refractivity contribution in [3.8, 4) is 11.5 Å². The van der Waals surface area contributed by atoms with Gasteiger partial charge in [0, 0.05) is 11.6 Å². The third-order valence-corrected chi connectivity index (χ3v) is 4.85. The van der Waals surface area contributed by atoms with Gasteiger partial charge in [-0.25, -0.2) is 0 Å². The van der Waals surface area contributed by atoms with Gasteiger partial charge in [-0.2, -0.15) is 0 Å². The fourth-order valence-corrected chi connectivity index (χ4v) is 3.47. The number of carbonyl (C=O) groups is 2. The Balaban J connectivity index is 1.94. The lowest BCUT2D eigenvalue weighted by atomic mass is 10.1. The Morgan fingerprint density at radius 1 is 1.25 bits per heavy atom. The van der Waals surface area contributed by atoms with Crippen molar-refractivity contribution >= 4 is 34.7 Å². The van der Waals surface area contributed by atoms with Crippen LogP contribution in [0.25, 0.3) is 6.08 Å². The Bertz CT molecular complexity index is 974. The van der Waals surface area contributed by atoms with Gasteiger partial charge >= 0.3 is 0 Å². The van der Waals surface area contributed by atoms with Crippen molar-refractivity contribution in [3.63, 3.8) is 0 Å². The number of nitro benzene ring substituents is 1. The number of thioether (sulfide) groups is 1. The van der Waals surface area contributed by atoms with E-state index in [1.807, 2.05) is 6.07 Å². The molecule has 1 aliphatic heterocycles. The number of phenolic OH excluding ortho intramolecular Hbond substituents is 1. The van der Waals surface area contributed by atoms with Crippen molar-refractivity contribution in [2.24, 2.45) is 0 Å². The van der Waals surface area contributed by atoms with Crippen LogP contribution in [-0.4, -0.2) is 32.7 Å². The molecule has 144 valence electrons. The second-order valence-electron chi connectivity index (χ2n) is 5.83. The van der Waals surface area contributed by atoms with Crippen molar-refractivity contribution in [1.82, 2.24) is 4.90 Å². The molecule has 1 heterocycles. The molecule has 2 aromatic carbocycles. The first-order valence-corrected chi connectivity index (χ1v) is 9.15. The lowest BCUT2D eigenvalue weighted by Gasteiger charge is -2.12.